The molecule has 1 N–H and O–H groups in total. The summed E-state index contributed by atoms with van der Waals surface area (Å²) in [6.45, 7) is 2.28. The van der Waals surface area contributed by atoms with Crippen LogP contribution in [0.2, 0.25) is 5.02 Å². The Labute approximate surface area is 161 Å². The molecule has 1 amide bonds. The second kappa shape index (κ2) is 7.74. The van der Waals surface area contributed by atoms with Crippen LogP contribution in [-0.2, 0) is 4.79 Å². The summed E-state index contributed by atoms with van der Waals surface area (Å²) in [6.07, 6.45) is 2.10. The average molecular weight is 386 g/mol. The molecule has 1 fully saturated rings. The summed E-state index contributed by atoms with van der Waals surface area (Å²) in [5.74, 6) is 0.522. The first-order valence-electron chi connectivity index (χ1n) is 8.80. The molecule has 0 spiro atoms. The Hall–Kier alpha value is -1.95. The number of fused-ring (bicyclic) bond motifs is 1. The van der Waals surface area contributed by atoms with Gasteiger partial charge < -0.3 is 5.32 Å². The lowest BCUT2D eigenvalue weighted by atomic mass is 9.97. The number of amides is 1. The van der Waals surface area contributed by atoms with Crippen LogP contribution < -0.4 is 5.32 Å². The molecule has 0 radical (unpaired) electrons. The Bertz CT molecular complexity index is 868. The van der Waals surface area contributed by atoms with Crippen LogP contribution in [0.4, 0.5) is 5.69 Å². The number of thiazole rings is 1. The molecule has 4 nitrogen and oxygen atoms in total. The van der Waals surface area contributed by atoms with Crippen molar-refractivity contribution in [1.29, 1.82) is 0 Å². The van der Waals surface area contributed by atoms with E-state index in [1.54, 1.807) is 23.5 Å². The fourth-order valence-corrected chi connectivity index (χ4v) is 4.60. The van der Waals surface area contributed by atoms with Gasteiger partial charge in [-0.25, -0.2) is 4.98 Å². The second-order valence-electron chi connectivity index (χ2n) is 6.63. The maximum atomic E-state index is 12.2. The predicted molar refractivity (Wildman–Crippen MR) is 108 cm³/mol. The summed E-state index contributed by atoms with van der Waals surface area (Å²) in [7, 11) is 0. The van der Waals surface area contributed by atoms with Crippen LogP contribution in [0.1, 0.15) is 23.8 Å². The van der Waals surface area contributed by atoms with Gasteiger partial charge in [0.1, 0.15) is 0 Å². The number of halogens is 1. The van der Waals surface area contributed by atoms with E-state index in [1.807, 2.05) is 18.2 Å². The van der Waals surface area contributed by atoms with Crippen LogP contribution in [0.25, 0.3) is 10.2 Å². The summed E-state index contributed by atoms with van der Waals surface area (Å²) < 4.78 is 1.26. The van der Waals surface area contributed by atoms with Gasteiger partial charge >= 0.3 is 0 Å². The number of likely N-dealkylation sites (tertiary alicyclic amines) is 1. The van der Waals surface area contributed by atoms with Gasteiger partial charge in [-0.15, -0.1) is 11.3 Å². The van der Waals surface area contributed by atoms with Crippen molar-refractivity contribution in [3.63, 3.8) is 0 Å². The third-order valence-electron chi connectivity index (χ3n) is 4.74. The highest BCUT2D eigenvalue weighted by Gasteiger charge is 2.24. The van der Waals surface area contributed by atoms with E-state index in [0.29, 0.717) is 17.5 Å². The van der Waals surface area contributed by atoms with E-state index in [-0.39, 0.29) is 5.91 Å². The fraction of sp³-hybridized carbons (Fsp3) is 0.300. The molecule has 3 aromatic rings. The Balaban J connectivity index is 1.30. The van der Waals surface area contributed by atoms with Crippen molar-refractivity contribution >= 4 is 44.7 Å². The van der Waals surface area contributed by atoms with Gasteiger partial charge in [0.25, 0.3) is 0 Å². The Kier molecular flexibility index (Phi) is 5.20. The monoisotopic (exact) mass is 385 g/mol. The van der Waals surface area contributed by atoms with Crippen LogP contribution in [-0.4, -0.2) is 35.4 Å². The molecule has 2 aromatic carbocycles. The van der Waals surface area contributed by atoms with Gasteiger partial charge in [0.05, 0.1) is 21.8 Å². The summed E-state index contributed by atoms with van der Waals surface area (Å²) in [5, 5.41) is 4.83. The number of hydrogen-bond donors (Lipinski definition) is 1. The van der Waals surface area contributed by atoms with Gasteiger partial charge in [-0.3, -0.25) is 9.69 Å². The molecule has 0 aliphatic carbocycles. The highest BCUT2D eigenvalue weighted by atomic mass is 35.5. The number of benzene rings is 2. The number of aromatic nitrogens is 1. The van der Waals surface area contributed by atoms with Gasteiger partial charge in [0.15, 0.2) is 0 Å². The molecule has 0 saturated carbocycles. The highest BCUT2D eigenvalue weighted by molar-refractivity contribution is 7.18. The molecule has 1 aliphatic heterocycles. The molecule has 4 rings (SSSR count). The molecule has 1 aliphatic rings. The van der Waals surface area contributed by atoms with Crippen LogP contribution in [0.15, 0.2) is 48.5 Å². The quantitative estimate of drug-likeness (QED) is 0.703. The molecule has 1 aromatic heterocycles. The topological polar surface area (TPSA) is 45.2 Å². The third kappa shape index (κ3) is 4.06. The number of nitrogens with one attached hydrogen (secondary N) is 1. The summed E-state index contributed by atoms with van der Waals surface area (Å²) in [5.41, 5.74) is 1.88. The smallest absolute Gasteiger partial charge is 0.238 e. The summed E-state index contributed by atoms with van der Waals surface area (Å²) >= 11 is 7.67. The Morgan fingerprint density at radius 2 is 1.88 bits per heavy atom. The number of piperidine rings is 1. The molecule has 0 atom stereocenters. The van der Waals surface area contributed by atoms with Gasteiger partial charge in [-0.2, -0.15) is 0 Å². The van der Waals surface area contributed by atoms with Gasteiger partial charge in [-0.05, 0) is 62.3 Å². The second-order valence-corrected chi connectivity index (χ2v) is 8.12. The van der Waals surface area contributed by atoms with E-state index in [1.165, 1.54) is 9.71 Å². The summed E-state index contributed by atoms with van der Waals surface area (Å²) in [4.78, 5) is 19.3. The minimum Gasteiger partial charge on any atom is -0.325 e. The largest absolute Gasteiger partial charge is 0.325 e. The normalized spacial score (nSPS) is 16.0. The number of carbonyl (C=O) groups excluding carboxylic acids is 1. The maximum absolute atomic E-state index is 12.2. The average Bonchev–Trinajstić information content (AvgIpc) is 3.08. The van der Waals surface area contributed by atoms with Gasteiger partial charge in [-0.1, -0.05) is 23.7 Å². The van der Waals surface area contributed by atoms with E-state index in [4.69, 9.17) is 16.6 Å². The van der Waals surface area contributed by atoms with Crippen molar-refractivity contribution in [1.82, 2.24) is 9.88 Å². The zero-order valence-corrected chi connectivity index (χ0v) is 15.9. The minimum absolute atomic E-state index is 0.0192. The molecule has 0 bridgehead atoms. The molecular formula is C20H20ClN3OS. The van der Waals surface area contributed by atoms with Crippen LogP contribution in [0, 0.1) is 0 Å². The van der Waals surface area contributed by atoms with E-state index < -0.39 is 0 Å². The lowest BCUT2D eigenvalue weighted by molar-refractivity contribution is -0.117. The van der Waals surface area contributed by atoms with E-state index in [9.17, 15) is 4.79 Å². The molecule has 0 unspecified atom stereocenters. The van der Waals surface area contributed by atoms with Crippen LogP contribution in [0.5, 0.6) is 0 Å². The van der Waals surface area contributed by atoms with Gasteiger partial charge in [0.2, 0.25) is 5.91 Å². The highest BCUT2D eigenvalue weighted by Crippen LogP contribution is 2.33. The third-order valence-corrected chi connectivity index (χ3v) is 6.19. The standard InChI is InChI=1S/C20H20ClN3OS/c21-15-5-7-16(8-6-15)22-19(25)13-24-11-9-14(10-12-24)20-23-17-3-1-2-4-18(17)26-20/h1-8,14H,9-13H2,(H,22,25). The van der Waals surface area contributed by atoms with E-state index >= 15 is 0 Å². The first-order chi connectivity index (χ1) is 12.7. The van der Waals surface area contributed by atoms with Crippen molar-refractivity contribution in [3.05, 3.63) is 58.6 Å². The fourth-order valence-electron chi connectivity index (χ4n) is 3.34. The number of rotatable bonds is 4. The number of anilines is 1. The molecule has 1 saturated heterocycles. The molecule has 26 heavy (non-hydrogen) atoms. The molecule has 2 heterocycles. The maximum Gasteiger partial charge on any atom is 0.238 e. The minimum atomic E-state index is 0.0192. The Morgan fingerprint density at radius 3 is 2.62 bits per heavy atom. The molecular weight excluding hydrogens is 366 g/mol. The number of para-hydroxylation sites is 1. The van der Waals surface area contributed by atoms with Crippen molar-refractivity contribution < 1.29 is 4.79 Å². The van der Waals surface area contributed by atoms with Crippen molar-refractivity contribution in [2.24, 2.45) is 0 Å². The molecule has 6 heteroatoms. The number of nitrogens with zero attached hydrogens (tertiary/aromatic N) is 2. The van der Waals surface area contributed by atoms with E-state index in [0.717, 1.165) is 37.1 Å². The SMILES string of the molecule is O=C(CN1CCC(c2nc3ccccc3s2)CC1)Nc1ccc(Cl)cc1. The molecule has 134 valence electrons. The van der Waals surface area contributed by atoms with Crippen LogP contribution in [0.3, 0.4) is 0 Å². The van der Waals surface area contributed by atoms with Crippen molar-refractivity contribution in [2.75, 3.05) is 25.0 Å². The van der Waals surface area contributed by atoms with Crippen LogP contribution >= 0.6 is 22.9 Å². The number of hydrogen-bond acceptors (Lipinski definition) is 4. The Morgan fingerprint density at radius 1 is 1.15 bits per heavy atom. The van der Waals surface area contributed by atoms with Crippen molar-refractivity contribution in [3.8, 4) is 0 Å². The van der Waals surface area contributed by atoms with Crippen molar-refractivity contribution in [2.45, 2.75) is 18.8 Å². The lowest BCUT2D eigenvalue weighted by Gasteiger charge is -2.30. The predicted octanol–water partition coefficient (Wildman–Crippen LogP) is 4.77. The van der Waals surface area contributed by atoms with E-state index in [2.05, 4.69) is 28.4 Å². The zero-order chi connectivity index (χ0) is 17.9. The first kappa shape index (κ1) is 17.5. The van der Waals surface area contributed by atoms with Gasteiger partial charge in [0, 0.05) is 16.6 Å². The first-order valence-corrected chi connectivity index (χ1v) is 10.00. The lowest BCUT2D eigenvalue weighted by Crippen LogP contribution is -2.38. The summed E-state index contributed by atoms with van der Waals surface area (Å²) in [6, 6.07) is 15.5. The number of carbonyl (C=O) groups is 1. The zero-order valence-electron chi connectivity index (χ0n) is 14.3.